The fourth-order valence-corrected chi connectivity index (χ4v) is 2.26. The molecule has 6 heteroatoms. The van der Waals surface area contributed by atoms with Crippen LogP contribution in [-0.4, -0.2) is 41.4 Å². The monoisotopic (exact) mass is 329 g/mol. The number of hydrogen-bond acceptors (Lipinski definition) is 4. The summed E-state index contributed by atoms with van der Waals surface area (Å²) >= 11 is 0. The fourth-order valence-electron chi connectivity index (χ4n) is 2.26. The first-order chi connectivity index (χ1) is 11.5. The second kappa shape index (κ2) is 8.19. The molecule has 0 bridgehead atoms. The highest BCUT2D eigenvalue weighted by atomic mass is 16.5. The van der Waals surface area contributed by atoms with Crippen LogP contribution in [0.25, 0.3) is 6.08 Å². The third-order valence-electron chi connectivity index (χ3n) is 3.50. The van der Waals surface area contributed by atoms with E-state index in [0.29, 0.717) is 18.0 Å². The number of methoxy groups -OCH3 is 1. The second-order valence-electron chi connectivity index (χ2n) is 5.47. The molecular formula is C18H23N3O3. The minimum atomic E-state index is -0.113. The SMILES string of the molecule is C/C=C\c1ccc(OCC(=O)N(C)Cc2cnn(C)c2)c(OC)c1. The van der Waals surface area contributed by atoms with Crippen molar-refractivity contribution in [3.05, 3.63) is 47.8 Å². The molecule has 0 aliphatic heterocycles. The van der Waals surface area contributed by atoms with Gasteiger partial charge in [-0.05, 0) is 24.6 Å². The lowest BCUT2D eigenvalue weighted by molar-refractivity contribution is -0.132. The fraction of sp³-hybridized carbons (Fsp3) is 0.333. The van der Waals surface area contributed by atoms with Crippen LogP contribution in [0.1, 0.15) is 18.1 Å². The molecule has 128 valence electrons. The van der Waals surface area contributed by atoms with Crippen LogP contribution >= 0.6 is 0 Å². The Morgan fingerprint density at radius 2 is 2.17 bits per heavy atom. The molecule has 1 aromatic heterocycles. The summed E-state index contributed by atoms with van der Waals surface area (Å²) in [5, 5.41) is 4.09. The lowest BCUT2D eigenvalue weighted by atomic mass is 10.2. The van der Waals surface area contributed by atoms with Gasteiger partial charge in [-0.2, -0.15) is 5.10 Å². The first-order valence-corrected chi connectivity index (χ1v) is 7.68. The molecule has 1 aromatic carbocycles. The van der Waals surface area contributed by atoms with E-state index in [1.807, 2.05) is 50.5 Å². The van der Waals surface area contributed by atoms with E-state index < -0.39 is 0 Å². The quantitative estimate of drug-likeness (QED) is 0.783. The maximum Gasteiger partial charge on any atom is 0.260 e. The van der Waals surface area contributed by atoms with Gasteiger partial charge in [-0.3, -0.25) is 9.48 Å². The zero-order valence-corrected chi connectivity index (χ0v) is 14.5. The first kappa shape index (κ1) is 17.6. The van der Waals surface area contributed by atoms with E-state index in [0.717, 1.165) is 11.1 Å². The maximum atomic E-state index is 12.2. The number of likely N-dealkylation sites (N-methyl/N-ethyl adjacent to an activating group) is 1. The number of hydrogen-bond donors (Lipinski definition) is 0. The van der Waals surface area contributed by atoms with Crippen LogP contribution in [-0.2, 0) is 18.4 Å². The summed E-state index contributed by atoms with van der Waals surface area (Å²) in [4.78, 5) is 13.8. The molecule has 1 heterocycles. The van der Waals surface area contributed by atoms with Gasteiger partial charge < -0.3 is 14.4 Å². The highest BCUT2D eigenvalue weighted by Gasteiger charge is 2.13. The Bertz CT molecular complexity index is 722. The summed E-state index contributed by atoms with van der Waals surface area (Å²) < 4.78 is 12.7. The molecule has 0 aliphatic rings. The van der Waals surface area contributed by atoms with Crippen molar-refractivity contribution in [2.75, 3.05) is 20.8 Å². The van der Waals surface area contributed by atoms with Gasteiger partial charge in [-0.1, -0.05) is 18.2 Å². The largest absolute Gasteiger partial charge is 0.493 e. The van der Waals surface area contributed by atoms with Gasteiger partial charge in [0.1, 0.15) is 0 Å². The van der Waals surface area contributed by atoms with Crippen LogP contribution in [0.4, 0.5) is 0 Å². The molecule has 0 aliphatic carbocycles. The van der Waals surface area contributed by atoms with Crippen LogP contribution in [0.15, 0.2) is 36.7 Å². The number of aryl methyl sites for hydroxylation is 1. The molecule has 0 N–H and O–H groups in total. The van der Waals surface area contributed by atoms with Crippen LogP contribution in [0.5, 0.6) is 11.5 Å². The minimum Gasteiger partial charge on any atom is -0.493 e. The molecule has 0 saturated carbocycles. The second-order valence-corrected chi connectivity index (χ2v) is 5.47. The molecule has 6 nitrogen and oxygen atoms in total. The topological polar surface area (TPSA) is 56.6 Å². The lowest BCUT2D eigenvalue weighted by Gasteiger charge is -2.17. The highest BCUT2D eigenvalue weighted by Crippen LogP contribution is 2.28. The van der Waals surface area contributed by atoms with E-state index in [9.17, 15) is 4.79 Å². The van der Waals surface area contributed by atoms with E-state index in [2.05, 4.69) is 5.10 Å². The van der Waals surface area contributed by atoms with Gasteiger partial charge in [-0.15, -0.1) is 0 Å². The average molecular weight is 329 g/mol. The first-order valence-electron chi connectivity index (χ1n) is 7.68. The molecule has 0 fully saturated rings. The van der Waals surface area contributed by atoms with Gasteiger partial charge in [0.05, 0.1) is 13.3 Å². The standard InChI is InChI=1S/C18H23N3O3/c1-5-6-14-7-8-16(17(9-14)23-4)24-13-18(22)20(2)11-15-10-19-21(3)12-15/h5-10,12H,11,13H2,1-4H3/b6-5-. The highest BCUT2D eigenvalue weighted by molar-refractivity contribution is 5.77. The van der Waals surface area contributed by atoms with Crippen molar-refractivity contribution in [1.29, 1.82) is 0 Å². The summed E-state index contributed by atoms with van der Waals surface area (Å²) in [6, 6.07) is 5.60. The Balaban J connectivity index is 1.95. The van der Waals surface area contributed by atoms with Crippen molar-refractivity contribution >= 4 is 12.0 Å². The van der Waals surface area contributed by atoms with Gasteiger partial charge in [0.15, 0.2) is 18.1 Å². The Labute approximate surface area is 142 Å². The third-order valence-corrected chi connectivity index (χ3v) is 3.50. The molecule has 0 atom stereocenters. The number of benzene rings is 1. The summed E-state index contributed by atoms with van der Waals surface area (Å²) in [6.45, 7) is 2.40. The summed E-state index contributed by atoms with van der Waals surface area (Å²) in [5.74, 6) is 1.04. The van der Waals surface area contributed by atoms with Gasteiger partial charge >= 0.3 is 0 Å². The number of rotatable bonds is 7. The van der Waals surface area contributed by atoms with Crippen LogP contribution in [0.2, 0.25) is 0 Å². The van der Waals surface area contributed by atoms with Crippen LogP contribution in [0, 0.1) is 0 Å². The van der Waals surface area contributed by atoms with E-state index in [1.165, 1.54) is 0 Å². The van der Waals surface area contributed by atoms with E-state index >= 15 is 0 Å². The molecule has 1 amide bonds. The van der Waals surface area contributed by atoms with Crippen molar-refractivity contribution in [3.63, 3.8) is 0 Å². The van der Waals surface area contributed by atoms with Crippen molar-refractivity contribution in [2.45, 2.75) is 13.5 Å². The summed E-state index contributed by atoms with van der Waals surface area (Å²) in [5.41, 5.74) is 1.99. The van der Waals surface area contributed by atoms with E-state index in [1.54, 1.807) is 29.9 Å². The van der Waals surface area contributed by atoms with Crippen molar-refractivity contribution in [2.24, 2.45) is 7.05 Å². The van der Waals surface area contributed by atoms with Crippen LogP contribution in [0.3, 0.4) is 0 Å². The summed E-state index contributed by atoms with van der Waals surface area (Å²) in [6.07, 6.45) is 7.55. The number of aromatic nitrogens is 2. The van der Waals surface area contributed by atoms with Gasteiger partial charge in [0, 0.05) is 32.4 Å². The molecule has 24 heavy (non-hydrogen) atoms. The third kappa shape index (κ3) is 4.62. The van der Waals surface area contributed by atoms with Crippen molar-refractivity contribution in [3.8, 4) is 11.5 Å². The lowest BCUT2D eigenvalue weighted by Crippen LogP contribution is -2.30. The predicted molar refractivity (Wildman–Crippen MR) is 92.9 cm³/mol. The Kier molecular flexibility index (Phi) is 6.01. The smallest absolute Gasteiger partial charge is 0.260 e. The van der Waals surface area contributed by atoms with Gasteiger partial charge in [0.2, 0.25) is 0 Å². The van der Waals surface area contributed by atoms with E-state index in [4.69, 9.17) is 9.47 Å². The number of carbonyl (C=O) groups is 1. The molecule has 0 unspecified atom stereocenters. The Morgan fingerprint density at radius 1 is 1.38 bits per heavy atom. The number of carbonyl (C=O) groups excluding carboxylic acids is 1. The zero-order valence-electron chi connectivity index (χ0n) is 14.5. The molecule has 2 rings (SSSR count). The normalized spacial score (nSPS) is 10.8. The number of amides is 1. The zero-order chi connectivity index (χ0) is 17.5. The number of nitrogens with zero attached hydrogens (tertiary/aromatic N) is 3. The number of ether oxygens (including phenoxy) is 2. The Hall–Kier alpha value is -2.76. The minimum absolute atomic E-state index is 0.0455. The molecule has 0 saturated heterocycles. The average Bonchev–Trinajstić information content (AvgIpc) is 2.98. The summed E-state index contributed by atoms with van der Waals surface area (Å²) in [7, 11) is 5.17. The van der Waals surface area contributed by atoms with Crippen LogP contribution < -0.4 is 9.47 Å². The molecule has 0 spiro atoms. The number of allylic oxidation sites excluding steroid dienone is 1. The van der Waals surface area contributed by atoms with Crippen molar-refractivity contribution in [1.82, 2.24) is 14.7 Å². The molecule has 2 aromatic rings. The van der Waals surface area contributed by atoms with E-state index in [-0.39, 0.29) is 12.5 Å². The molecular weight excluding hydrogens is 306 g/mol. The Morgan fingerprint density at radius 3 is 2.79 bits per heavy atom. The molecule has 0 radical (unpaired) electrons. The van der Waals surface area contributed by atoms with Gasteiger partial charge in [0.25, 0.3) is 5.91 Å². The maximum absolute atomic E-state index is 12.2. The van der Waals surface area contributed by atoms with Crippen molar-refractivity contribution < 1.29 is 14.3 Å². The van der Waals surface area contributed by atoms with Gasteiger partial charge in [-0.25, -0.2) is 0 Å². The predicted octanol–water partition coefficient (Wildman–Crippen LogP) is 2.50.